The van der Waals surface area contributed by atoms with Crippen molar-refractivity contribution in [2.75, 3.05) is 34.9 Å². The number of ether oxygens (including phenoxy) is 10. The lowest BCUT2D eigenvalue weighted by Gasteiger charge is -2.51. The number of carbonyl (C=O) groups excluding carboxylic acids is 4. The molecule has 0 aromatic rings. The van der Waals surface area contributed by atoms with Gasteiger partial charge in [-0.15, -0.1) is 0 Å². The lowest BCUT2D eigenvalue weighted by Crippen LogP contribution is -2.66. The van der Waals surface area contributed by atoms with Crippen LogP contribution in [0.3, 0.4) is 0 Å². The molecule has 3 saturated heterocycles. The maximum absolute atomic E-state index is 13.9. The van der Waals surface area contributed by atoms with Crippen molar-refractivity contribution in [1.29, 1.82) is 0 Å². The molecule has 3 fully saturated rings. The number of ketones is 1. The van der Waals surface area contributed by atoms with Gasteiger partial charge in [-0.2, -0.15) is 0 Å². The van der Waals surface area contributed by atoms with Gasteiger partial charge in [-0.1, -0.05) is 52.3 Å². The summed E-state index contributed by atoms with van der Waals surface area (Å²) in [6.45, 7) is 17.0. The molecule has 0 saturated carbocycles. The second-order valence-corrected chi connectivity index (χ2v) is 20.3. The summed E-state index contributed by atoms with van der Waals surface area (Å²) in [5, 5.41) is 44.3. The van der Waals surface area contributed by atoms with Gasteiger partial charge in [0.1, 0.15) is 42.9 Å². The summed E-state index contributed by atoms with van der Waals surface area (Å²) >= 11 is 0. The molecule has 0 radical (unpaired) electrons. The maximum Gasteiger partial charge on any atom is 0.308 e. The van der Waals surface area contributed by atoms with Crippen LogP contribution in [0, 0.1) is 29.6 Å². The first kappa shape index (κ1) is 58.8. The number of aliphatic hydroxyl groups is 4. The number of esters is 2. The number of cyclic esters (lactones) is 1. The first-order valence-corrected chi connectivity index (χ1v) is 24.5. The molecule has 4 rings (SSSR count). The number of allylic oxidation sites excluding steroid dienone is 3. The molecule has 0 aliphatic carbocycles. The highest BCUT2D eigenvalue weighted by Crippen LogP contribution is 2.39. The Bertz CT molecular complexity index is 1720. The number of methoxy groups -OCH3 is 2. The Morgan fingerprint density at radius 2 is 1.55 bits per heavy atom. The van der Waals surface area contributed by atoms with E-state index < -0.39 is 152 Å². The normalized spacial score (nSPS) is 43.4. The van der Waals surface area contributed by atoms with Crippen molar-refractivity contribution >= 4 is 24.0 Å². The Morgan fingerprint density at radius 3 is 2.13 bits per heavy atom. The van der Waals surface area contributed by atoms with E-state index in [4.69, 9.17) is 47.4 Å². The third-order valence-electron chi connectivity index (χ3n) is 14.1. The summed E-state index contributed by atoms with van der Waals surface area (Å²) in [6.07, 6.45) is -8.80. The van der Waals surface area contributed by atoms with E-state index in [1.165, 1.54) is 27.2 Å². The molecular weight excluding hydrogens is 903 g/mol. The predicted molar refractivity (Wildman–Crippen MR) is 249 cm³/mol. The van der Waals surface area contributed by atoms with Crippen LogP contribution in [-0.2, 0) is 66.5 Å². The lowest BCUT2D eigenvalue weighted by molar-refractivity contribution is -0.343. The van der Waals surface area contributed by atoms with Crippen molar-refractivity contribution in [3.05, 3.63) is 23.8 Å². The molecule has 396 valence electrons. The Balaban J connectivity index is 1.71. The Morgan fingerprint density at radius 1 is 0.899 bits per heavy atom. The second kappa shape index (κ2) is 26.3. The van der Waals surface area contributed by atoms with E-state index in [2.05, 4.69) is 0 Å². The minimum atomic E-state index is -1.53. The number of nitrogens with zero attached hydrogens (tertiary/aromatic N) is 1. The zero-order valence-corrected chi connectivity index (χ0v) is 43.1. The molecule has 4 heterocycles. The fraction of sp³-hybridized carbons (Fsp3) is 0.840. The van der Waals surface area contributed by atoms with Crippen molar-refractivity contribution in [2.45, 2.75) is 205 Å². The fourth-order valence-electron chi connectivity index (χ4n) is 9.88. The summed E-state index contributed by atoms with van der Waals surface area (Å²) in [5.74, 6) is -4.89. The smallest absolute Gasteiger partial charge is 0.308 e. The van der Waals surface area contributed by atoms with Gasteiger partial charge in [0.2, 0.25) is 0 Å². The molecule has 0 amide bonds. The van der Waals surface area contributed by atoms with Gasteiger partial charge in [0.15, 0.2) is 30.8 Å². The van der Waals surface area contributed by atoms with E-state index in [1.54, 1.807) is 80.5 Å². The minimum Gasteiger partial charge on any atom is -0.462 e. The van der Waals surface area contributed by atoms with Crippen LogP contribution in [0.25, 0.3) is 0 Å². The summed E-state index contributed by atoms with van der Waals surface area (Å²) in [6, 6.07) is -0.755. The molecule has 4 aliphatic heterocycles. The van der Waals surface area contributed by atoms with Crippen LogP contribution in [0.5, 0.6) is 0 Å². The Kier molecular flexibility index (Phi) is 22.4. The maximum atomic E-state index is 13.9. The van der Waals surface area contributed by atoms with Gasteiger partial charge in [0, 0.05) is 44.8 Å². The Hall–Kier alpha value is -2.76. The third-order valence-corrected chi connectivity index (χ3v) is 14.1. The van der Waals surface area contributed by atoms with E-state index in [0.717, 1.165) is 6.29 Å². The summed E-state index contributed by atoms with van der Waals surface area (Å²) in [4.78, 5) is 55.6. The van der Waals surface area contributed by atoms with Crippen molar-refractivity contribution in [3.8, 4) is 0 Å². The van der Waals surface area contributed by atoms with Gasteiger partial charge < -0.3 is 77.5 Å². The minimum absolute atomic E-state index is 0.0215. The molecule has 4 aliphatic rings. The summed E-state index contributed by atoms with van der Waals surface area (Å²) in [7, 11) is 6.47. The van der Waals surface area contributed by atoms with Crippen LogP contribution in [0.1, 0.15) is 101 Å². The van der Waals surface area contributed by atoms with Gasteiger partial charge in [0.25, 0.3) is 0 Å². The van der Waals surface area contributed by atoms with Gasteiger partial charge in [0.05, 0.1) is 61.1 Å². The number of hydrogen-bond donors (Lipinski definition) is 4. The molecule has 4 N–H and O–H groups in total. The van der Waals surface area contributed by atoms with Gasteiger partial charge in [-0.25, -0.2) is 0 Å². The van der Waals surface area contributed by atoms with Crippen molar-refractivity contribution < 1.29 is 87.0 Å². The number of likely N-dealkylation sites (N-methyl/N-ethyl adjacent to an activating group) is 1. The number of aldehydes is 1. The van der Waals surface area contributed by atoms with Crippen molar-refractivity contribution in [1.82, 2.24) is 4.90 Å². The van der Waals surface area contributed by atoms with Gasteiger partial charge >= 0.3 is 11.9 Å². The molecule has 69 heavy (non-hydrogen) atoms. The van der Waals surface area contributed by atoms with Crippen LogP contribution in [-0.4, -0.2) is 188 Å². The van der Waals surface area contributed by atoms with Crippen LogP contribution in [0.4, 0.5) is 0 Å². The first-order chi connectivity index (χ1) is 32.4. The number of hydrogen-bond acceptors (Lipinski definition) is 19. The van der Waals surface area contributed by atoms with Crippen LogP contribution >= 0.6 is 0 Å². The highest BCUT2D eigenvalue weighted by molar-refractivity contribution is 5.91. The lowest BCUT2D eigenvalue weighted by atomic mass is 9.79. The molecule has 0 bridgehead atoms. The second-order valence-electron chi connectivity index (χ2n) is 20.3. The SMILES string of the molecule is CC[C@H]1OC(=O)C[C@@H](O)[C@H](C)[C@@H](O[C@@H]2O[C@H](C)[C@@H](O[C@H]3C[C@@](C)(O)[C@@H](O)[C@H](C)O3)[C@H](N(C)C)[C@H]2OC(=O)C(C)C)[C@@H](CC=O)C[C@@H](C)C(=O)/C=C/C(C)=C/[C@@H]1CO[C@@H]1O[C@H](C)[C@@H](O)[C@@H](OC)[C@H]1OC. The highest BCUT2D eigenvalue weighted by atomic mass is 16.7. The van der Waals surface area contributed by atoms with Gasteiger partial charge in [-0.05, 0) is 73.5 Å². The van der Waals surface area contributed by atoms with E-state index in [1.807, 2.05) is 13.0 Å². The Labute approximate surface area is 408 Å². The van der Waals surface area contributed by atoms with Crippen LogP contribution in [0.15, 0.2) is 23.8 Å². The summed E-state index contributed by atoms with van der Waals surface area (Å²) < 4.78 is 61.8. The topological polar surface area (TPSA) is 245 Å². The van der Waals surface area contributed by atoms with E-state index >= 15 is 0 Å². The van der Waals surface area contributed by atoms with E-state index in [-0.39, 0.29) is 31.7 Å². The third kappa shape index (κ3) is 15.1. The van der Waals surface area contributed by atoms with Crippen LogP contribution in [0.2, 0.25) is 0 Å². The van der Waals surface area contributed by atoms with E-state index in [9.17, 15) is 39.6 Å². The molecule has 19 heteroatoms. The predicted octanol–water partition coefficient (Wildman–Crippen LogP) is 3.04. The molecule has 0 spiro atoms. The average molecular weight is 986 g/mol. The van der Waals surface area contributed by atoms with Crippen LogP contribution < -0.4 is 0 Å². The molecular formula is C50H83NO18. The fourth-order valence-corrected chi connectivity index (χ4v) is 9.88. The molecule has 21 atom stereocenters. The molecule has 0 unspecified atom stereocenters. The van der Waals surface area contributed by atoms with Crippen molar-refractivity contribution in [2.24, 2.45) is 29.6 Å². The molecule has 19 nitrogen and oxygen atoms in total. The first-order valence-electron chi connectivity index (χ1n) is 24.5. The van der Waals surface area contributed by atoms with Gasteiger partial charge in [-0.3, -0.25) is 14.4 Å². The number of carbonyl (C=O) groups is 4. The monoisotopic (exact) mass is 986 g/mol. The number of aliphatic hydroxyl groups excluding tert-OH is 3. The van der Waals surface area contributed by atoms with E-state index in [0.29, 0.717) is 12.0 Å². The summed E-state index contributed by atoms with van der Waals surface area (Å²) in [5.41, 5.74) is -0.854. The quantitative estimate of drug-likeness (QED) is 0.136. The average Bonchev–Trinajstić information content (AvgIpc) is 3.28. The zero-order valence-electron chi connectivity index (χ0n) is 43.1. The largest absolute Gasteiger partial charge is 0.462 e. The molecule has 0 aromatic carbocycles. The standard InChI is InChI=1S/C50H83NO18/c1-15-36-33(24-62-48-45(61-14)44(60-13)40(56)29(7)64-48)20-26(4)16-17-34(53)27(5)21-32(18-19-52)41(28(6)35(54)22-37(55)66-36)69-49-43(68-47(58)25(2)3)39(51(11)12)42(30(8)65-49)67-38-23-50(10,59)46(57)31(9)63-38/h16-17,19-20,25,27-33,35-36,38-46,48-49,54,56-57,59H,15,18,21-24H2,1-14H3/b17-16+,26-20+/t27-,28+,29-,30-,31+,32+,33-,35-,36-,38+,39+,40-,41-,42-,43-,44-,45-,46+,48-,49+,50-/m1/s1. The zero-order chi connectivity index (χ0) is 51.7. The molecule has 0 aromatic heterocycles. The van der Waals surface area contributed by atoms with Crippen molar-refractivity contribution in [3.63, 3.8) is 0 Å². The number of rotatable bonds is 15. The highest BCUT2D eigenvalue weighted by Gasteiger charge is 2.54.